The van der Waals surface area contributed by atoms with Gasteiger partial charge in [0.05, 0.1) is 6.54 Å². The largest absolute Gasteiger partial charge is 0.486 e. The van der Waals surface area contributed by atoms with Crippen molar-refractivity contribution in [2.75, 3.05) is 6.54 Å². The van der Waals surface area contributed by atoms with Crippen molar-refractivity contribution in [3.05, 3.63) is 0 Å². The van der Waals surface area contributed by atoms with E-state index in [9.17, 15) is 9.67 Å². The van der Waals surface area contributed by atoms with E-state index < -0.39 is 26.1 Å². The smallest absolute Gasteiger partial charge is 0.358 e. The molecule has 64 valence electrons. The van der Waals surface area contributed by atoms with Crippen LogP contribution in [-0.2, 0) is 18.1 Å². The quantitative estimate of drug-likeness (QED) is 0.422. The number of rotatable bonds is 1. The van der Waals surface area contributed by atoms with Crippen molar-refractivity contribution in [3.8, 4) is 0 Å². The fraction of sp³-hybridized carbons (Fsp3) is 1.00. The highest BCUT2D eigenvalue weighted by molar-refractivity contribution is 7.50. The molecule has 3 fully saturated rings. The van der Waals surface area contributed by atoms with Crippen LogP contribution in [0.15, 0.2) is 0 Å². The zero-order chi connectivity index (χ0) is 8.33. The van der Waals surface area contributed by atoms with Gasteiger partial charge < -0.3 is 15.9 Å². The van der Waals surface area contributed by atoms with E-state index >= 15 is 0 Å². The predicted octanol–water partition coefficient (Wildman–Crippen LogP) is -1.54. The standard InChI is InChI=1S/C3H6NO6P/c4-1-2(5)3(6)9-11(7,8-2)10-3/h5-6H,1,4H2. The highest BCUT2D eigenvalue weighted by Gasteiger charge is 2.79. The molecule has 0 aromatic carbocycles. The average Bonchev–Trinajstić information content (AvgIpc) is 2.11. The lowest BCUT2D eigenvalue weighted by atomic mass is 10.2. The van der Waals surface area contributed by atoms with Crippen molar-refractivity contribution in [3.63, 3.8) is 0 Å². The zero-order valence-corrected chi connectivity index (χ0v) is 6.15. The van der Waals surface area contributed by atoms with Gasteiger partial charge in [-0.05, 0) is 0 Å². The first kappa shape index (κ1) is 7.63. The zero-order valence-electron chi connectivity index (χ0n) is 5.26. The molecule has 3 heterocycles. The lowest BCUT2D eigenvalue weighted by molar-refractivity contribution is -0.390. The van der Waals surface area contributed by atoms with Crippen LogP contribution >= 0.6 is 7.82 Å². The Balaban J connectivity index is 2.36. The molecule has 2 bridgehead atoms. The Morgan fingerprint density at radius 3 is 2.09 bits per heavy atom. The van der Waals surface area contributed by atoms with Crippen molar-refractivity contribution in [2.45, 2.75) is 11.8 Å². The summed E-state index contributed by atoms with van der Waals surface area (Å²) in [5.74, 6) is -4.56. The molecule has 3 rings (SSSR count). The summed E-state index contributed by atoms with van der Waals surface area (Å²) in [5, 5.41) is 18.3. The molecule has 0 radical (unpaired) electrons. The predicted molar refractivity (Wildman–Crippen MR) is 29.8 cm³/mol. The van der Waals surface area contributed by atoms with E-state index in [2.05, 4.69) is 13.6 Å². The number of phosphoric ester groups is 1. The molecule has 4 N–H and O–H groups in total. The Bertz CT molecular complexity index is 244. The van der Waals surface area contributed by atoms with Crippen LogP contribution in [-0.4, -0.2) is 28.5 Å². The fourth-order valence-corrected chi connectivity index (χ4v) is 2.44. The van der Waals surface area contributed by atoms with Crippen LogP contribution in [0.5, 0.6) is 0 Å². The van der Waals surface area contributed by atoms with Crippen LogP contribution in [0.3, 0.4) is 0 Å². The van der Waals surface area contributed by atoms with Gasteiger partial charge in [-0.25, -0.2) is 18.1 Å². The molecular weight excluding hydrogens is 177 g/mol. The first-order valence-electron chi connectivity index (χ1n) is 2.80. The number of fused-ring (bicyclic) bond motifs is 1. The molecule has 0 aromatic heterocycles. The molecule has 3 aliphatic heterocycles. The summed E-state index contributed by atoms with van der Waals surface area (Å²) in [6.45, 7) is -0.465. The lowest BCUT2D eigenvalue weighted by Gasteiger charge is -2.32. The molecular formula is C3H6NO6P. The number of hydrogen-bond acceptors (Lipinski definition) is 7. The van der Waals surface area contributed by atoms with Crippen molar-refractivity contribution in [2.24, 2.45) is 5.73 Å². The van der Waals surface area contributed by atoms with Gasteiger partial charge >= 0.3 is 13.8 Å². The minimum Gasteiger partial charge on any atom is -0.358 e. The number of hydrogen-bond donors (Lipinski definition) is 3. The van der Waals surface area contributed by atoms with Gasteiger partial charge in [0.1, 0.15) is 0 Å². The van der Waals surface area contributed by atoms with Crippen LogP contribution in [0, 0.1) is 0 Å². The second-order valence-corrected chi connectivity index (χ2v) is 3.73. The first-order valence-corrected chi connectivity index (χ1v) is 4.26. The van der Waals surface area contributed by atoms with Crippen molar-refractivity contribution in [1.29, 1.82) is 0 Å². The number of phosphoric acid groups is 1. The van der Waals surface area contributed by atoms with E-state index in [1.807, 2.05) is 0 Å². The van der Waals surface area contributed by atoms with Crippen molar-refractivity contribution >= 4 is 7.82 Å². The number of nitrogens with two attached hydrogens (primary N) is 1. The molecule has 0 aromatic rings. The van der Waals surface area contributed by atoms with E-state index in [-0.39, 0.29) is 0 Å². The minimum absolute atomic E-state index is 0.465. The molecule has 1 atom stereocenters. The Kier molecular flexibility index (Phi) is 1.16. The van der Waals surface area contributed by atoms with Crippen LogP contribution in [0.1, 0.15) is 0 Å². The summed E-state index contributed by atoms with van der Waals surface area (Å²) in [5.41, 5.74) is 5.01. The summed E-state index contributed by atoms with van der Waals surface area (Å²) in [4.78, 5) is 0. The average molecular weight is 183 g/mol. The molecule has 11 heavy (non-hydrogen) atoms. The van der Waals surface area contributed by atoms with Gasteiger partial charge in [0.25, 0.3) is 5.79 Å². The van der Waals surface area contributed by atoms with Crippen molar-refractivity contribution < 1.29 is 28.3 Å². The third kappa shape index (κ3) is 0.709. The third-order valence-electron chi connectivity index (χ3n) is 1.50. The van der Waals surface area contributed by atoms with E-state index in [1.165, 1.54) is 0 Å². The third-order valence-corrected chi connectivity index (χ3v) is 2.97. The lowest BCUT2D eigenvalue weighted by Crippen LogP contribution is -2.57. The molecule has 8 heteroatoms. The normalized spacial score (nSPS) is 61.0. The summed E-state index contributed by atoms with van der Waals surface area (Å²) in [7, 11) is -3.68. The van der Waals surface area contributed by atoms with Crippen LogP contribution in [0.25, 0.3) is 0 Å². The molecule has 0 saturated carbocycles. The summed E-state index contributed by atoms with van der Waals surface area (Å²) in [6.07, 6.45) is 0. The van der Waals surface area contributed by atoms with Gasteiger partial charge in [0, 0.05) is 0 Å². The summed E-state index contributed by atoms with van der Waals surface area (Å²) >= 11 is 0. The molecule has 7 nitrogen and oxygen atoms in total. The van der Waals surface area contributed by atoms with Gasteiger partial charge in [0.15, 0.2) is 0 Å². The first-order chi connectivity index (χ1) is 4.93. The van der Waals surface area contributed by atoms with Gasteiger partial charge in [0.2, 0.25) is 0 Å². The van der Waals surface area contributed by atoms with E-state index in [1.54, 1.807) is 0 Å². The maximum atomic E-state index is 10.8. The SMILES string of the molecule is NCC1(O)OP2(=O)OC1(O)O2. The molecule has 3 saturated heterocycles. The maximum absolute atomic E-state index is 10.8. The van der Waals surface area contributed by atoms with E-state index in [0.29, 0.717) is 0 Å². The van der Waals surface area contributed by atoms with Crippen LogP contribution < -0.4 is 5.73 Å². The topological polar surface area (TPSA) is 111 Å². The maximum Gasteiger partial charge on any atom is 0.486 e. The molecule has 0 spiro atoms. The molecule has 1 unspecified atom stereocenters. The van der Waals surface area contributed by atoms with Crippen molar-refractivity contribution in [1.82, 2.24) is 0 Å². The Labute approximate surface area is 61.3 Å². The minimum atomic E-state index is -3.68. The second kappa shape index (κ2) is 1.67. The molecule has 3 aliphatic rings. The van der Waals surface area contributed by atoms with E-state index in [0.717, 1.165) is 0 Å². The van der Waals surface area contributed by atoms with Gasteiger partial charge in [-0.15, -0.1) is 0 Å². The molecule has 0 aliphatic carbocycles. The van der Waals surface area contributed by atoms with Crippen LogP contribution in [0.4, 0.5) is 0 Å². The Morgan fingerprint density at radius 2 is 1.91 bits per heavy atom. The Morgan fingerprint density at radius 1 is 1.36 bits per heavy atom. The monoisotopic (exact) mass is 183 g/mol. The van der Waals surface area contributed by atoms with Gasteiger partial charge in [-0.3, -0.25) is 0 Å². The fourth-order valence-electron chi connectivity index (χ4n) is 0.899. The Hall–Kier alpha value is -0.0100. The number of aliphatic hydroxyl groups is 2. The second-order valence-electron chi connectivity index (χ2n) is 2.29. The highest BCUT2D eigenvalue weighted by atomic mass is 31.2. The van der Waals surface area contributed by atoms with Crippen LogP contribution in [0.2, 0.25) is 0 Å². The van der Waals surface area contributed by atoms with Gasteiger partial charge in [-0.2, -0.15) is 0 Å². The van der Waals surface area contributed by atoms with E-state index in [4.69, 9.17) is 10.8 Å². The molecule has 0 amide bonds. The summed E-state index contributed by atoms with van der Waals surface area (Å²) in [6, 6.07) is 0. The summed E-state index contributed by atoms with van der Waals surface area (Å²) < 4.78 is 23.7. The highest BCUT2D eigenvalue weighted by Crippen LogP contribution is 2.75. The van der Waals surface area contributed by atoms with Gasteiger partial charge in [-0.1, -0.05) is 0 Å².